The highest BCUT2D eigenvalue weighted by Crippen LogP contribution is 2.32. The van der Waals surface area contributed by atoms with Crippen LogP contribution in [0.1, 0.15) is 11.3 Å². The Morgan fingerprint density at radius 2 is 2.11 bits per heavy atom. The van der Waals surface area contributed by atoms with Crippen LogP contribution in [-0.4, -0.2) is 23.9 Å². The molecule has 1 aromatic heterocycles. The predicted molar refractivity (Wildman–Crippen MR) is 81.1 cm³/mol. The Morgan fingerprint density at radius 1 is 1.37 bits per heavy atom. The third kappa shape index (κ3) is 3.01. The summed E-state index contributed by atoms with van der Waals surface area (Å²) in [6.45, 7) is 2.75. The van der Waals surface area contributed by atoms with Crippen molar-refractivity contribution in [1.29, 1.82) is 0 Å². The number of anilines is 2. The Kier molecular flexibility index (Phi) is 4.00. The van der Waals surface area contributed by atoms with Crippen LogP contribution in [0.5, 0.6) is 0 Å². The maximum atomic E-state index is 6.24. The van der Waals surface area contributed by atoms with Gasteiger partial charge in [0.1, 0.15) is 0 Å². The number of hydrogen-bond donors (Lipinski definition) is 1. The monoisotopic (exact) mass is 278 g/mol. The molecule has 0 fully saturated rings. The number of para-hydroxylation sites is 1. The van der Waals surface area contributed by atoms with E-state index in [-0.39, 0.29) is 0 Å². The number of nitrogens with zero attached hydrogens (tertiary/aromatic N) is 3. The van der Waals surface area contributed by atoms with Crippen LogP contribution in [0.2, 0.25) is 5.02 Å². The summed E-state index contributed by atoms with van der Waals surface area (Å²) in [6.07, 6.45) is 2.03. The molecule has 0 saturated carbocycles. The zero-order valence-corrected chi connectivity index (χ0v) is 12.5. The van der Waals surface area contributed by atoms with Gasteiger partial charge in [-0.05, 0) is 19.1 Å². The SMILES string of the molecule is Cc1nn(C)cc1CNc1cccc(Cl)c1N(C)C. The molecule has 19 heavy (non-hydrogen) atoms. The largest absolute Gasteiger partial charge is 0.379 e. The van der Waals surface area contributed by atoms with Gasteiger partial charge in [0.2, 0.25) is 0 Å². The molecule has 0 atom stereocenters. The molecular weight excluding hydrogens is 260 g/mol. The third-order valence-electron chi connectivity index (χ3n) is 3.02. The van der Waals surface area contributed by atoms with Crippen molar-refractivity contribution in [3.63, 3.8) is 0 Å². The van der Waals surface area contributed by atoms with E-state index in [1.54, 1.807) is 0 Å². The van der Waals surface area contributed by atoms with Crippen molar-refractivity contribution in [3.8, 4) is 0 Å². The molecule has 5 heteroatoms. The van der Waals surface area contributed by atoms with Gasteiger partial charge in [0, 0.05) is 39.4 Å². The van der Waals surface area contributed by atoms with Crippen molar-refractivity contribution in [2.45, 2.75) is 13.5 Å². The van der Waals surface area contributed by atoms with E-state index in [4.69, 9.17) is 11.6 Å². The predicted octanol–water partition coefficient (Wildman–Crippen LogP) is 3.06. The molecule has 0 radical (unpaired) electrons. The topological polar surface area (TPSA) is 33.1 Å². The van der Waals surface area contributed by atoms with Crippen molar-refractivity contribution in [2.75, 3.05) is 24.3 Å². The summed E-state index contributed by atoms with van der Waals surface area (Å²) in [4.78, 5) is 2.01. The van der Waals surface area contributed by atoms with E-state index >= 15 is 0 Å². The van der Waals surface area contributed by atoms with Gasteiger partial charge in [-0.1, -0.05) is 17.7 Å². The van der Waals surface area contributed by atoms with Gasteiger partial charge in [0.25, 0.3) is 0 Å². The van der Waals surface area contributed by atoms with Gasteiger partial charge in [-0.2, -0.15) is 5.10 Å². The van der Waals surface area contributed by atoms with Crippen LogP contribution in [0.3, 0.4) is 0 Å². The molecule has 1 aromatic carbocycles. The molecule has 0 unspecified atom stereocenters. The van der Waals surface area contributed by atoms with Crippen LogP contribution < -0.4 is 10.2 Å². The Labute approximate surface area is 119 Å². The van der Waals surface area contributed by atoms with E-state index in [2.05, 4.69) is 10.4 Å². The minimum atomic E-state index is 0.737. The van der Waals surface area contributed by atoms with Crippen molar-refractivity contribution in [3.05, 3.63) is 40.7 Å². The highest BCUT2D eigenvalue weighted by atomic mass is 35.5. The molecule has 0 saturated heterocycles. The second kappa shape index (κ2) is 5.53. The van der Waals surface area contributed by atoms with Gasteiger partial charge in [0.15, 0.2) is 0 Å². The Bertz CT molecular complexity index is 575. The van der Waals surface area contributed by atoms with Gasteiger partial charge in [-0.15, -0.1) is 0 Å². The molecular formula is C14H19ClN4. The van der Waals surface area contributed by atoms with E-state index in [9.17, 15) is 0 Å². The maximum Gasteiger partial charge on any atom is 0.0786 e. The second-order valence-corrected chi connectivity index (χ2v) is 5.20. The van der Waals surface area contributed by atoms with E-state index in [1.807, 2.05) is 62.0 Å². The summed E-state index contributed by atoms with van der Waals surface area (Å²) in [5.41, 5.74) is 4.27. The second-order valence-electron chi connectivity index (χ2n) is 4.80. The highest BCUT2D eigenvalue weighted by molar-refractivity contribution is 6.34. The summed E-state index contributed by atoms with van der Waals surface area (Å²) < 4.78 is 1.83. The first kappa shape index (κ1) is 13.7. The summed E-state index contributed by atoms with van der Waals surface area (Å²) in [7, 11) is 5.91. The number of nitrogens with one attached hydrogen (secondary N) is 1. The normalized spacial score (nSPS) is 10.6. The fraction of sp³-hybridized carbons (Fsp3) is 0.357. The Balaban J connectivity index is 2.20. The number of aromatic nitrogens is 2. The molecule has 2 rings (SSSR count). The van der Waals surface area contributed by atoms with Gasteiger partial charge in [0.05, 0.1) is 22.1 Å². The highest BCUT2D eigenvalue weighted by Gasteiger charge is 2.09. The zero-order chi connectivity index (χ0) is 14.0. The van der Waals surface area contributed by atoms with Crippen molar-refractivity contribution in [2.24, 2.45) is 7.05 Å². The van der Waals surface area contributed by atoms with Gasteiger partial charge < -0.3 is 10.2 Å². The van der Waals surface area contributed by atoms with Crippen LogP contribution in [0.4, 0.5) is 11.4 Å². The quantitative estimate of drug-likeness (QED) is 0.933. The Hall–Kier alpha value is -1.68. The summed E-state index contributed by atoms with van der Waals surface area (Å²) in [5, 5.41) is 8.51. The van der Waals surface area contributed by atoms with Crippen LogP contribution in [0.15, 0.2) is 24.4 Å². The van der Waals surface area contributed by atoms with Crippen LogP contribution in [-0.2, 0) is 13.6 Å². The smallest absolute Gasteiger partial charge is 0.0786 e. The molecule has 102 valence electrons. The summed E-state index contributed by atoms with van der Waals surface area (Å²) >= 11 is 6.24. The Morgan fingerprint density at radius 3 is 2.68 bits per heavy atom. The lowest BCUT2D eigenvalue weighted by Gasteiger charge is -2.19. The lowest BCUT2D eigenvalue weighted by atomic mass is 10.2. The van der Waals surface area contributed by atoms with E-state index < -0.39 is 0 Å². The average molecular weight is 279 g/mol. The van der Waals surface area contributed by atoms with Gasteiger partial charge >= 0.3 is 0 Å². The molecule has 0 spiro atoms. The standard InChI is InChI=1S/C14H19ClN4/c1-10-11(9-19(4)17-10)8-16-13-7-5-6-12(15)14(13)18(2)3/h5-7,9,16H,8H2,1-4H3. The number of benzene rings is 1. The van der Waals surface area contributed by atoms with Crippen LogP contribution in [0, 0.1) is 6.92 Å². The number of aryl methyl sites for hydroxylation is 2. The number of rotatable bonds is 4. The minimum absolute atomic E-state index is 0.737. The fourth-order valence-electron chi connectivity index (χ4n) is 2.13. The number of halogens is 1. The third-order valence-corrected chi connectivity index (χ3v) is 3.32. The molecule has 0 amide bonds. The molecule has 0 bridgehead atoms. The van der Waals surface area contributed by atoms with Crippen LogP contribution >= 0.6 is 11.6 Å². The lowest BCUT2D eigenvalue weighted by Crippen LogP contribution is -2.12. The van der Waals surface area contributed by atoms with Gasteiger partial charge in [-0.3, -0.25) is 4.68 Å². The maximum absolute atomic E-state index is 6.24. The zero-order valence-electron chi connectivity index (χ0n) is 11.7. The van der Waals surface area contributed by atoms with Crippen molar-refractivity contribution in [1.82, 2.24) is 9.78 Å². The lowest BCUT2D eigenvalue weighted by molar-refractivity contribution is 0.756. The van der Waals surface area contributed by atoms with Crippen molar-refractivity contribution >= 4 is 23.0 Å². The minimum Gasteiger partial charge on any atom is -0.379 e. The fourth-order valence-corrected chi connectivity index (χ4v) is 2.47. The van der Waals surface area contributed by atoms with Crippen molar-refractivity contribution < 1.29 is 0 Å². The van der Waals surface area contributed by atoms with Crippen LogP contribution in [0.25, 0.3) is 0 Å². The molecule has 1 heterocycles. The molecule has 0 aliphatic heterocycles. The van der Waals surface area contributed by atoms with E-state index in [0.717, 1.165) is 28.6 Å². The number of hydrogen-bond acceptors (Lipinski definition) is 3. The first-order chi connectivity index (χ1) is 8.99. The molecule has 1 N–H and O–H groups in total. The van der Waals surface area contributed by atoms with E-state index in [1.165, 1.54) is 5.56 Å². The average Bonchev–Trinajstić information content (AvgIpc) is 2.64. The summed E-state index contributed by atoms with van der Waals surface area (Å²) in [5.74, 6) is 0. The molecule has 0 aliphatic carbocycles. The van der Waals surface area contributed by atoms with Gasteiger partial charge in [-0.25, -0.2) is 0 Å². The van der Waals surface area contributed by atoms with E-state index in [0.29, 0.717) is 0 Å². The molecule has 2 aromatic rings. The molecule has 0 aliphatic rings. The first-order valence-electron chi connectivity index (χ1n) is 6.18. The molecule has 4 nitrogen and oxygen atoms in total. The first-order valence-corrected chi connectivity index (χ1v) is 6.55. The summed E-state index contributed by atoms with van der Waals surface area (Å²) in [6, 6.07) is 5.89.